The van der Waals surface area contributed by atoms with Gasteiger partial charge in [-0.2, -0.15) is 4.72 Å². The summed E-state index contributed by atoms with van der Waals surface area (Å²) in [6.45, 7) is 2.38. The molecular weight excluding hydrogens is 512 g/mol. The molecule has 0 saturated carbocycles. The molecule has 1 N–H and O–H groups in total. The number of hydrogen-bond donors (Lipinski definition) is 1. The molecule has 3 aromatic heterocycles. The molecule has 1 aromatic carbocycles. The van der Waals surface area contributed by atoms with E-state index in [4.69, 9.17) is 16.3 Å². The van der Waals surface area contributed by atoms with Gasteiger partial charge in [-0.15, -0.1) is 11.3 Å². The number of aromatic nitrogens is 2. The third-order valence-corrected chi connectivity index (χ3v) is 9.05. The molecule has 4 heterocycles. The fourth-order valence-corrected chi connectivity index (χ4v) is 7.08. The van der Waals surface area contributed by atoms with Gasteiger partial charge in [0.25, 0.3) is 10.0 Å². The standard InChI is InChI=1S/C23H21ClN4O5S2/c1-2-33-23(30)28-16(12-18-19(28)4-3-8-25-18)13-27-9-7-17(22(27)29)26-35(31,32)21-10-14-5-6-15(24)11-20(14)34-21/h3-6,8,10-12,17,26H,2,7,9,13H2,1H3. The molecule has 1 aliphatic rings. The minimum atomic E-state index is -3.91. The number of pyridine rings is 1. The lowest BCUT2D eigenvalue weighted by Gasteiger charge is -2.18. The van der Waals surface area contributed by atoms with Crippen molar-refractivity contribution in [2.75, 3.05) is 13.2 Å². The van der Waals surface area contributed by atoms with Crippen LogP contribution in [0.4, 0.5) is 4.79 Å². The van der Waals surface area contributed by atoms with E-state index < -0.39 is 22.2 Å². The Morgan fingerprint density at radius 2 is 2.11 bits per heavy atom. The number of benzene rings is 1. The summed E-state index contributed by atoms with van der Waals surface area (Å²) < 4.78 is 36.0. The van der Waals surface area contributed by atoms with E-state index in [1.807, 2.05) is 0 Å². The number of rotatable bonds is 6. The van der Waals surface area contributed by atoms with Gasteiger partial charge in [0.15, 0.2) is 0 Å². The van der Waals surface area contributed by atoms with Gasteiger partial charge in [0.05, 0.1) is 29.9 Å². The summed E-state index contributed by atoms with van der Waals surface area (Å²) in [5, 5.41) is 1.29. The van der Waals surface area contributed by atoms with Gasteiger partial charge in [0, 0.05) is 22.5 Å². The van der Waals surface area contributed by atoms with Crippen LogP contribution in [0.5, 0.6) is 0 Å². The molecule has 5 rings (SSSR count). The number of amides is 1. The van der Waals surface area contributed by atoms with Crippen LogP contribution in [-0.2, 0) is 26.1 Å². The third-order valence-electron chi connectivity index (χ3n) is 5.77. The monoisotopic (exact) mass is 532 g/mol. The highest BCUT2D eigenvalue weighted by Gasteiger charge is 2.36. The number of sulfonamides is 1. The van der Waals surface area contributed by atoms with Crippen molar-refractivity contribution in [3.8, 4) is 0 Å². The Bertz CT molecular complexity index is 1560. The quantitative estimate of drug-likeness (QED) is 0.402. The average molecular weight is 533 g/mol. The van der Waals surface area contributed by atoms with E-state index in [0.717, 1.165) is 21.4 Å². The van der Waals surface area contributed by atoms with E-state index in [1.165, 1.54) is 9.47 Å². The number of thiophene rings is 1. The van der Waals surface area contributed by atoms with Gasteiger partial charge in [0.2, 0.25) is 5.91 Å². The fourth-order valence-electron chi connectivity index (χ4n) is 4.17. The van der Waals surface area contributed by atoms with Crippen molar-refractivity contribution >= 4 is 66.1 Å². The first-order chi connectivity index (χ1) is 16.8. The number of nitrogens with zero attached hydrogens (tertiary/aromatic N) is 3. The van der Waals surface area contributed by atoms with E-state index >= 15 is 0 Å². The molecule has 1 saturated heterocycles. The van der Waals surface area contributed by atoms with E-state index in [9.17, 15) is 18.0 Å². The SMILES string of the molecule is CCOC(=O)n1c(CN2CCC(NS(=O)(=O)c3cc4ccc(Cl)cc4s3)C2=O)cc2ncccc21. The number of fused-ring (bicyclic) bond motifs is 2. The maximum Gasteiger partial charge on any atom is 0.418 e. The van der Waals surface area contributed by atoms with Gasteiger partial charge in [-0.1, -0.05) is 17.7 Å². The summed E-state index contributed by atoms with van der Waals surface area (Å²) >= 11 is 7.11. The van der Waals surface area contributed by atoms with Crippen molar-refractivity contribution in [3.05, 3.63) is 59.4 Å². The van der Waals surface area contributed by atoms with Crippen molar-refractivity contribution in [3.63, 3.8) is 0 Å². The molecule has 0 bridgehead atoms. The maximum absolute atomic E-state index is 13.1. The largest absolute Gasteiger partial charge is 0.449 e. The third kappa shape index (κ3) is 4.52. The van der Waals surface area contributed by atoms with E-state index in [0.29, 0.717) is 34.7 Å². The highest BCUT2D eigenvalue weighted by atomic mass is 35.5. The molecule has 0 aliphatic carbocycles. The Labute approximate surface area is 210 Å². The number of ether oxygens (including phenoxy) is 1. The molecule has 1 unspecified atom stereocenters. The van der Waals surface area contributed by atoms with E-state index in [2.05, 4.69) is 9.71 Å². The molecule has 1 amide bonds. The van der Waals surface area contributed by atoms with Crippen LogP contribution in [-0.4, -0.2) is 54.1 Å². The fraction of sp³-hybridized carbons (Fsp3) is 0.261. The maximum atomic E-state index is 13.1. The predicted octanol–water partition coefficient (Wildman–Crippen LogP) is 3.99. The first-order valence-corrected chi connectivity index (χ1v) is 13.6. The number of halogens is 1. The molecule has 1 atom stereocenters. The molecule has 182 valence electrons. The molecule has 9 nitrogen and oxygen atoms in total. The zero-order valence-corrected chi connectivity index (χ0v) is 21.0. The second kappa shape index (κ2) is 9.23. The molecule has 0 spiro atoms. The second-order valence-electron chi connectivity index (χ2n) is 8.05. The Kier molecular flexibility index (Phi) is 6.26. The number of carbonyl (C=O) groups is 2. The summed E-state index contributed by atoms with van der Waals surface area (Å²) in [5.74, 6) is -0.355. The van der Waals surface area contributed by atoms with Crippen molar-refractivity contribution < 1.29 is 22.7 Å². The van der Waals surface area contributed by atoms with Crippen molar-refractivity contribution in [1.82, 2.24) is 19.2 Å². The average Bonchev–Trinajstić information content (AvgIpc) is 3.50. The molecule has 4 aromatic rings. The van der Waals surface area contributed by atoms with Gasteiger partial charge in [-0.3, -0.25) is 9.78 Å². The first-order valence-electron chi connectivity index (χ1n) is 10.9. The lowest BCUT2D eigenvalue weighted by Crippen LogP contribution is -2.41. The van der Waals surface area contributed by atoms with Gasteiger partial charge < -0.3 is 9.64 Å². The Balaban J connectivity index is 1.36. The van der Waals surface area contributed by atoms with Crippen LogP contribution < -0.4 is 4.72 Å². The van der Waals surface area contributed by atoms with Gasteiger partial charge in [0.1, 0.15) is 10.3 Å². The molecule has 1 aliphatic heterocycles. The predicted molar refractivity (Wildman–Crippen MR) is 133 cm³/mol. The van der Waals surface area contributed by atoms with Crippen molar-refractivity contribution in [2.45, 2.75) is 30.1 Å². The normalized spacial score (nSPS) is 16.5. The van der Waals surface area contributed by atoms with Crippen LogP contribution >= 0.6 is 22.9 Å². The molecule has 0 radical (unpaired) electrons. The number of hydrogen-bond acceptors (Lipinski definition) is 7. The van der Waals surface area contributed by atoms with Crippen LogP contribution in [0.1, 0.15) is 19.0 Å². The first kappa shape index (κ1) is 23.7. The van der Waals surface area contributed by atoms with Crippen molar-refractivity contribution in [1.29, 1.82) is 0 Å². The van der Waals surface area contributed by atoms with Crippen LogP contribution in [0, 0.1) is 0 Å². The summed E-state index contributed by atoms with van der Waals surface area (Å²) in [6.07, 6.45) is 1.38. The van der Waals surface area contributed by atoms with Crippen LogP contribution in [0.3, 0.4) is 0 Å². The Hall–Kier alpha value is -2.99. The summed E-state index contributed by atoms with van der Waals surface area (Å²) in [5.41, 5.74) is 1.72. The Morgan fingerprint density at radius 1 is 1.29 bits per heavy atom. The Morgan fingerprint density at radius 3 is 2.91 bits per heavy atom. The lowest BCUT2D eigenvalue weighted by molar-refractivity contribution is -0.129. The molecule has 12 heteroatoms. The molecule has 1 fully saturated rings. The van der Waals surface area contributed by atoms with Crippen molar-refractivity contribution in [2.24, 2.45) is 0 Å². The van der Waals surface area contributed by atoms with Crippen LogP contribution in [0.15, 0.2) is 52.9 Å². The zero-order valence-electron chi connectivity index (χ0n) is 18.6. The van der Waals surface area contributed by atoms with Gasteiger partial charge in [-0.05, 0) is 55.1 Å². The zero-order chi connectivity index (χ0) is 24.7. The van der Waals surface area contributed by atoms with Gasteiger partial charge >= 0.3 is 6.09 Å². The van der Waals surface area contributed by atoms with Crippen LogP contribution in [0.2, 0.25) is 5.02 Å². The summed E-state index contributed by atoms with van der Waals surface area (Å²) in [7, 11) is -3.91. The minimum Gasteiger partial charge on any atom is -0.449 e. The summed E-state index contributed by atoms with van der Waals surface area (Å²) in [4.78, 5) is 31.5. The van der Waals surface area contributed by atoms with E-state index in [1.54, 1.807) is 55.6 Å². The van der Waals surface area contributed by atoms with Crippen LogP contribution in [0.25, 0.3) is 21.1 Å². The second-order valence-corrected chi connectivity index (χ2v) is 11.5. The minimum absolute atomic E-state index is 0.119. The number of nitrogens with one attached hydrogen (secondary N) is 1. The smallest absolute Gasteiger partial charge is 0.418 e. The summed E-state index contributed by atoms with van der Waals surface area (Å²) in [6, 6.07) is 11.0. The topological polar surface area (TPSA) is 111 Å². The molecular formula is C23H21ClN4O5S2. The van der Waals surface area contributed by atoms with E-state index in [-0.39, 0.29) is 23.3 Å². The highest BCUT2D eigenvalue weighted by molar-refractivity contribution is 7.91. The number of likely N-dealkylation sites (tertiary alicyclic amines) is 1. The lowest BCUT2D eigenvalue weighted by atomic mass is 10.3. The highest BCUT2D eigenvalue weighted by Crippen LogP contribution is 2.31. The number of carbonyl (C=O) groups excluding carboxylic acids is 2. The van der Waals surface area contributed by atoms with Gasteiger partial charge in [-0.25, -0.2) is 17.8 Å². The molecule has 35 heavy (non-hydrogen) atoms.